The van der Waals surface area contributed by atoms with E-state index in [2.05, 4.69) is 0 Å². The van der Waals surface area contributed by atoms with Crippen molar-refractivity contribution < 1.29 is 19.9 Å². The van der Waals surface area contributed by atoms with Crippen LogP contribution in [0.2, 0.25) is 0 Å². The molecule has 0 aliphatic heterocycles. The van der Waals surface area contributed by atoms with Gasteiger partial charge in [-0.2, -0.15) is 0 Å². The molecule has 0 unspecified atom stereocenters. The first-order chi connectivity index (χ1) is 10.1. The van der Waals surface area contributed by atoms with E-state index in [-0.39, 0.29) is 0 Å². The first-order valence-corrected chi connectivity index (χ1v) is 17.1. The average Bonchev–Trinajstić information content (AvgIpc) is 2.39. The Kier molecular flexibility index (Phi) is 5.13. The number of hydrogen-bond acceptors (Lipinski definition) is 2. The molecule has 22 heavy (non-hydrogen) atoms. The minimum atomic E-state index is -5.26. The van der Waals surface area contributed by atoms with Gasteiger partial charge in [0.1, 0.15) is 0 Å². The zero-order valence-corrected chi connectivity index (χ0v) is 17.3. The summed E-state index contributed by atoms with van der Waals surface area (Å²) in [5, 5.41) is 0. The first kappa shape index (κ1) is 18.0. The van der Waals surface area contributed by atoms with Crippen molar-refractivity contribution in [2.45, 2.75) is 27.7 Å². The summed E-state index contributed by atoms with van der Waals surface area (Å²) in [6, 6.07) is 11.5. The summed E-state index contributed by atoms with van der Waals surface area (Å²) in [6.45, 7) is 7.65. The Hall–Kier alpha value is -0.350. The predicted molar refractivity (Wildman–Crippen MR) is 90.6 cm³/mol. The summed E-state index contributed by atoms with van der Waals surface area (Å²) >= 11 is -5.26. The zero-order chi connectivity index (χ0) is 16.6. The van der Waals surface area contributed by atoms with Gasteiger partial charge in [0.15, 0.2) is 0 Å². The zero-order valence-electron chi connectivity index (χ0n) is 12.9. The molecule has 2 aromatic carbocycles. The molecule has 2 aromatic rings. The maximum atomic E-state index is 6.44. The van der Waals surface area contributed by atoms with E-state index in [0.717, 1.165) is 22.3 Å². The van der Waals surface area contributed by atoms with Gasteiger partial charge in [-0.1, -0.05) is 0 Å². The number of para-hydroxylation sites is 2. The molecule has 0 atom stereocenters. The third-order valence-electron chi connectivity index (χ3n) is 3.28. The summed E-state index contributed by atoms with van der Waals surface area (Å²) in [7, 11) is 19.3. The van der Waals surface area contributed by atoms with Crippen molar-refractivity contribution in [3.05, 3.63) is 58.7 Å². The van der Waals surface area contributed by atoms with Crippen LogP contribution >= 0.6 is 27.6 Å². The van der Waals surface area contributed by atoms with E-state index in [0.29, 0.717) is 11.5 Å². The van der Waals surface area contributed by atoms with Crippen molar-refractivity contribution in [1.82, 2.24) is 0 Å². The predicted octanol–water partition coefficient (Wildman–Crippen LogP) is 6.36. The molecule has 0 aliphatic rings. The van der Waals surface area contributed by atoms with Gasteiger partial charge in [0.2, 0.25) is 0 Å². The van der Waals surface area contributed by atoms with Crippen molar-refractivity contribution >= 4 is 27.6 Å². The van der Waals surface area contributed by atoms with Gasteiger partial charge in [-0.25, -0.2) is 0 Å². The average molecular weight is 442 g/mol. The van der Waals surface area contributed by atoms with E-state index in [4.69, 9.17) is 34.1 Å². The van der Waals surface area contributed by atoms with Crippen molar-refractivity contribution in [2.24, 2.45) is 0 Å². The fourth-order valence-corrected chi connectivity index (χ4v) is 7.53. The topological polar surface area (TPSA) is 18.5 Å². The van der Waals surface area contributed by atoms with Crippen LogP contribution in [0.4, 0.5) is 0 Å². The molecule has 0 saturated carbocycles. The third kappa shape index (κ3) is 4.35. The molecule has 0 radical (unpaired) electrons. The third-order valence-corrected chi connectivity index (χ3v) is 8.01. The van der Waals surface area contributed by atoms with E-state index in [1.54, 1.807) is 0 Å². The molecule has 0 saturated heterocycles. The quantitative estimate of drug-likeness (QED) is 0.514. The first-order valence-electron chi connectivity index (χ1n) is 6.77. The molecule has 0 aromatic heterocycles. The van der Waals surface area contributed by atoms with Gasteiger partial charge in [0, 0.05) is 0 Å². The summed E-state index contributed by atoms with van der Waals surface area (Å²) < 4.78 is 11.7. The molecule has 0 bridgehead atoms. The molecule has 0 aliphatic carbocycles. The van der Waals surface area contributed by atoms with Crippen molar-refractivity contribution in [3.8, 4) is 11.5 Å². The normalized spacial score (nSPS) is 13.3. The SMILES string of the molecule is Cc1cccc(C)c1[O][Nb]([Cl])([Cl])([Cl])[O]c1c(C)cccc1C. The Bertz CT molecular complexity index is 610. The van der Waals surface area contributed by atoms with E-state index < -0.39 is 13.4 Å². The van der Waals surface area contributed by atoms with Gasteiger partial charge < -0.3 is 0 Å². The van der Waals surface area contributed by atoms with Gasteiger partial charge in [0.05, 0.1) is 0 Å². The Morgan fingerprint density at radius 2 is 0.909 bits per heavy atom. The van der Waals surface area contributed by atoms with Crippen LogP contribution in [-0.4, -0.2) is 0 Å². The Morgan fingerprint density at radius 3 is 1.18 bits per heavy atom. The standard InChI is InChI=1S/2C8H10O.3ClH.Nb/c2*1-6-4-3-5-7(2)8(6)9;;;;/h2*3-5,9H,1-2H3;3*1H;/q;;;;;+5/p-5. The molecular formula is C16H18Cl3NbO2. The molecule has 0 amide bonds. The van der Waals surface area contributed by atoms with Crippen molar-refractivity contribution in [3.63, 3.8) is 0 Å². The second-order valence-corrected chi connectivity index (χ2v) is 23.5. The van der Waals surface area contributed by atoms with E-state index in [9.17, 15) is 0 Å². The van der Waals surface area contributed by atoms with E-state index >= 15 is 0 Å². The second kappa shape index (κ2) is 6.27. The molecule has 2 rings (SSSR count). The van der Waals surface area contributed by atoms with Crippen LogP contribution in [0, 0.1) is 27.7 Å². The van der Waals surface area contributed by atoms with Crippen molar-refractivity contribution in [2.75, 3.05) is 0 Å². The van der Waals surface area contributed by atoms with E-state index in [1.807, 2.05) is 64.1 Å². The van der Waals surface area contributed by atoms with Gasteiger partial charge in [-0.15, -0.1) is 0 Å². The van der Waals surface area contributed by atoms with Crippen LogP contribution in [0.1, 0.15) is 22.3 Å². The molecule has 0 N–H and O–H groups in total. The van der Waals surface area contributed by atoms with Crippen LogP contribution in [0.3, 0.4) is 0 Å². The minimum absolute atomic E-state index is 0.579. The summed E-state index contributed by atoms with van der Waals surface area (Å²) in [5.74, 6) is 1.16. The van der Waals surface area contributed by atoms with Crippen LogP contribution in [0.25, 0.3) is 0 Å². The molecule has 0 heterocycles. The molecular weight excluding hydrogens is 423 g/mol. The molecule has 120 valence electrons. The Labute approximate surface area is 144 Å². The summed E-state index contributed by atoms with van der Waals surface area (Å²) in [6.07, 6.45) is 0. The molecule has 6 heteroatoms. The summed E-state index contributed by atoms with van der Waals surface area (Å²) in [5.41, 5.74) is 3.63. The van der Waals surface area contributed by atoms with Gasteiger partial charge in [-0.05, 0) is 0 Å². The maximum absolute atomic E-state index is 6.44. The fraction of sp³-hybridized carbons (Fsp3) is 0.250. The molecule has 0 spiro atoms. The monoisotopic (exact) mass is 440 g/mol. The van der Waals surface area contributed by atoms with Gasteiger partial charge >= 0.3 is 145 Å². The van der Waals surface area contributed by atoms with Crippen molar-refractivity contribution in [1.29, 1.82) is 0 Å². The van der Waals surface area contributed by atoms with Crippen LogP contribution in [0.5, 0.6) is 11.5 Å². The molecule has 0 fully saturated rings. The number of rotatable bonds is 4. The second-order valence-electron chi connectivity index (χ2n) is 5.30. The Balaban J connectivity index is 2.39. The van der Waals surface area contributed by atoms with Gasteiger partial charge in [0.25, 0.3) is 0 Å². The van der Waals surface area contributed by atoms with Crippen LogP contribution in [0.15, 0.2) is 36.4 Å². The van der Waals surface area contributed by atoms with Crippen LogP contribution < -0.4 is 6.49 Å². The number of hydrogen-bond donors (Lipinski definition) is 0. The van der Waals surface area contributed by atoms with Gasteiger partial charge in [-0.3, -0.25) is 0 Å². The Morgan fingerprint density at radius 1 is 0.636 bits per heavy atom. The fourth-order valence-electron chi connectivity index (χ4n) is 2.19. The van der Waals surface area contributed by atoms with Crippen LogP contribution in [-0.2, 0) is 13.4 Å². The van der Waals surface area contributed by atoms with E-state index in [1.165, 1.54) is 0 Å². The number of aryl methyl sites for hydroxylation is 4. The number of halogens is 3. The number of benzene rings is 2. The summed E-state index contributed by atoms with van der Waals surface area (Å²) in [4.78, 5) is 0. The molecule has 2 nitrogen and oxygen atoms in total.